The Bertz CT molecular complexity index is 2180. The third-order valence-electron chi connectivity index (χ3n) is 8.40. The molecule has 1 aromatic heterocycles. The second kappa shape index (κ2) is 12.8. The highest BCUT2D eigenvalue weighted by molar-refractivity contribution is 7.89. The van der Waals surface area contributed by atoms with Crippen molar-refractivity contribution in [1.82, 2.24) is 24.1 Å². The second-order valence-corrected chi connectivity index (χ2v) is 13.4. The number of nitrogens with one attached hydrogen (secondary N) is 2. The average molecular weight is 682 g/mol. The standard InChI is InChI=1S/C32H32FN5O9S/c1-36-25-6-5-22(14-23(25)31(41)37(2)32(36)42)48(43,44)38-9-8-26-24(16-38)35-30(40)19-4-7-27(45-3)28(12-19)46-17-29(39)34-15-18-10-20(33)13-21(11-18)47-26/h4-7,10-14,24,26H,8-9,15-17H2,1-3H3,(H,34,39)(H,35,40)/t24-,26+/m0/s1. The normalized spacial score (nSPS) is 19.0. The SMILES string of the molecule is COc1ccc2cc1OCC(=O)NCc1cc(F)cc(c1)O[C@@H]1CCN(S(=O)(=O)c3ccc4c(c3)c(=O)n(C)c(=O)n4C)C[C@@H]1NC2=O. The average Bonchev–Trinajstić information content (AvgIpc) is 3.07. The van der Waals surface area contributed by atoms with Crippen LogP contribution >= 0.6 is 0 Å². The van der Waals surface area contributed by atoms with Crippen molar-refractivity contribution in [2.45, 2.75) is 30.0 Å². The largest absolute Gasteiger partial charge is 0.493 e. The van der Waals surface area contributed by atoms with Crippen LogP contribution in [0.1, 0.15) is 22.3 Å². The molecule has 0 unspecified atom stereocenters. The number of fused-ring (bicyclic) bond motifs is 6. The van der Waals surface area contributed by atoms with Crippen molar-refractivity contribution in [3.05, 3.63) is 92.4 Å². The number of rotatable bonds is 3. The van der Waals surface area contributed by atoms with Crippen molar-refractivity contribution >= 4 is 32.7 Å². The van der Waals surface area contributed by atoms with E-state index in [1.54, 1.807) is 6.07 Å². The Labute approximate surface area is 273 Å². The monoisotopic (exact) mass is 681 g/mol. The summed E-state index contributed by atoms with van der Waals surface area (Å²) in [6.45, 7) is -0.677. The predicted octanol–water partition coefficient (Wildman–Crippen LogP) is 1.03. The highest BCUT2D eigenvalue weighted by Gasteiger charge is 2.38. The molecule has 3 heterocycles. The van der Waals surface area contributed by atoms with Gasteiger partial charge in [0.05, 0.1) is 29.0 Å². The first-order valence-corrected chi connectivity index (χ1v) is 16.3. The number of methoxy groups -OCH3 is 1. The van der Waals surface area contributed by atoms with Gasteiger partial charge >= 0.3 is 5.69 Å². The van der Waals surface area contributed by atoms with E-state index >= 15 is 0 Å². The molecule has 48 heavy (non-hydrogen) atoms. The third-order valence-corrected chi connectivity index (χ3v) is 10.3. The van der Waals surface area contributed by atoms with Crippen LogP contribution in [0.15, 0.2) is 69.1 Å². The Kier molecular flexibility index (Phi) is 8.70. The number of carbonyl (C=O) groups is 2. The van der Waals surface area contributed by atoms with Gasteiger partial charge in [-0.2, -0.15) is 4.31 Å². The van der Waals surface area contributed by atoms with Gasteiger partial charge in [-0.15, -0.1) is 0 Å². The van der Waals surface area contributed by atoms with Crippen LogP contribution in [0.25, 0.3) is 10.9 Å². The van der Waals surface area contributed by atoms with E-state index < -0.39 is 57.7 Å². The number of amides is 2. The molecule has 1 fully saturated rings. The number of benzene rings is 3. The molecule has 14 nitrogen and oxygen atoms in total. The Hall–Kier alpha value is -5.22. The molecule has 0 aliphatic carbocycles. The number of sulfonamides is 1. The molecule has 2 aliphatic rings. The fourth-order valence-electron chi connectivity index (χ4n) is 5.83. The maximum absolute atomic E-state index is 14.6. The van der Waals surface area contributed by atoms with E-state index in [0.29, 0.717) is 5.56 Å². The van der Waals surface area contributed by atoms with Gasteiger partial charge in [-0.1, -0.05) is 0 Å². The Balaban J connectivity index is 1.36. The van der Waals surface area contributed by atoms with Gasteiger partial charge in [-0.25, -0.2) is 17.6 Å². The second-order valence-electron chi connectivity index (χ2n) is 11.5. The molecular weight excluding hydrogens is 649 g/mol. The van der Waals surface area contributed by atoms with Gasteiger partial charge in [-0.3, -0.25) is 23.5 Å². The molecule has 4 bridgehead atoms. The molecule has 1 saturated heterocycles. The maximum atomic E-state index is 14.6. The lowest BCUT2D eigenvalue weighted by atomic mass is 10.0. The summed E-state index contributed by atoms with van der Waals surface area (Å²) in [7, 11) is -0.0194. The van der Waals surface area contributed by atoms with Gasteiger partial charge in [-0.05, 0) is 54.1 Å². The first kappa shape index (κ1) is 32.7. The topological polar surface area (TPSA) is 167 Å². The third kappa shape index (κ3) is 6.23. The number of halogens is 1. The van der Waals surface area contributed by atoms with Crippen molar-refractivity contribution in [3.8, 4) is 17.2 Å². The van der Waals surface area contributed by atoms with E-state index in [4.69, 9.17) is 14.2 Å². The van der Waals surface area contributed by atoms with Crippen LogP contribution in [0.3, 0.4) is 0 Å². The van der Waals surface area contributed by atoms with Crippen LogP contribution in [-0.4, -0.2) is 72.6 Å². The van der Waals surface area contributed by atoms with Gasteiger partial charge < -0.3 is 24.8 Å². The molecule has 0 saturated carbocycles. The minimum atomic E-state index is -4.22. The molecule has 252 valence electrons. The number of carbonyl (C=O) groups excluding carboxylic acids is 2. The summed E-state index contributed by atoms with van der Waals surface area (Å²) in [5.74, 6) is -1.17. The lowest BCUT2D eigenvalue weighted by Gasteiger charge is -2.38. The molecule has 0 radical (unpaired) electrons. The van der Waals surface area contributed by atoms with Crippen LogP contribution in [0, 0.1) is 5.82 Å². The van der Waals surface area contributed by atoms with Crippen LogP contribution in [0.5, 0.6) is 17.2 Å². The van der Waals surface area contributed by atoms with Crippen LogP contribution in [0.4, 0.5) is 4.39 Å². The van der Waals surface area contributed by atoms with Gasteiger partial charge in [0.25, 0.3) is 17.4 Å². The van der Waals surface area contributed by atoms with Crippen molar-refractivity contribution in [2.75, 3.05) is 26.8 Å². The highest BCUT2D eigenvalue weighted by atomic mass is 32.2. The predicted molar refractivity (Wildman–Crippen MR) is 170 cm³/mol. The fourth-order valence-corrected chi connectivity index (χ4v) is 7.33. The van der Waals surface area contributed by atoms with Gasteiger partial charge in [0, 0.05) is 51.8 Å². The summed E-state index contributed by atoms with van der Waals surface area (Å²) < 4.78 is 63.0. The lowest BCUT2D eigenvalue weighted by molar-refractivity contribution is -0.123. The summed E-state index contributed by atoms with van der Waals surface area (Å²) in [6, 6.07) is 11.4. The highest BCUT2D eigenvalue weighted by Crippen LogP contribution is 2.30. The number of aryl methyl sites for hydroxylation is 1. The number of piperidine rings is 1. The van der Waals surface area contributed by atoms with Crippen molar-refractivity contribution in [1.29, 1.82) is 0 Å². The Morgan fingerprint density at radius 3 is 2.54 bits per heavy atom. The molecule has 0 spiro atoms. The zero-order valence-electron chi connectivity index (χ0n) is 26.2. The summed E-state index contributed by atoms with van der Waals surface area (Å²) in [5, 5.41) is 5.56. The molecule has 2 aliphatic heterocycles. The Morgan fingerprint density at radius 2 is 1.77 bits per heavy atom. The summed E-state index contributed by atoms with van der Waals surface area (Å²) in [6.07, 6.45) is -0.682. The zero-order chi connectivity index (χ0) is 34.3. The number of hydrogen-bond acceptors (Lipinski definition) is 9. The molecule has 3 aromatic carbocycles. The van der Waals surface area contributed by atoms with E-state index in [1.165, 1.54) is 72.5 Å². The molecule has 6 rings (SSSR count). The summed E-state index contributed by atoms with van der Waals surface area (Å²) in [4.78, 5) is 51.2. The van der Waals surface area contributed by atoms with Crippen LogP contribution in [-0.2, 0) is 35.5 Å². The smallest absolute Gasteiger partial charge is 0.330 e. The number of aromatic nitrogens is 2. The molecule has 2 N–H and O–H groups in total. The summed E-state index contributed by atoms with van der Waals surface area (Å²) >= 11 is 0. The first-order valence-electron chi connectivity index (χ1n) is 14.9. The quantitative estimate of drug-likeness (QED) is 0.321. The summed E-state index contributed by atoms with van der Waals surface area (Å²) in [5.41, 5.74) is -0.368. The van der Waals surface area contributed by atoms with Crippen molar-refractivity contribution < 1.29 is 36.6 Å². The van der Waals surface area contributed by atoms with Crippen LogP contribution in [0.2, 0.25) is 0 Å². The Morgan fingerprint density at radius 1 is 0.979 bits per heavy atom. The molecule has 2 amide bonds. The lowest BCUT2D eigenvalue weighted by Crippen LogP contribution is -2.58. The van der Waals surface area contributed by atoms with E-state index in [2.05, 4.69) is 10.6 Å². The minimum Gasteiger partial charge on any atom is -0.493 e. The number of nitrogens with zero attached hydrogens (tertiary/aromatic N) is 3. The number of ether oxygens (including phenoxy) is 3. The fraction of sp³-hybridized carbons (Fsp3) is 0.312. The van der Waals surface area contributed by atoms with Crippen LogP contribution < -0.4 is 36.1 Å². The van der Waals surface area contributed by atoms with Gasteiger partial charge in [0.15, 0.2) is 18.1 Å². The van der Waals surface area contributed by atoms with E-state index in [0.717, 1.165) is 10.6 Å². The van der Waals surface area contributed by atoms with E-state index in [9.17, 15) is 32.0 Å². The maximum Gasteiger partial charge on any atom is 0.330 e. The van der Waals surface area contributed by atoms with Crippen molar-refractivity contribution in [2.24, 2.45) is 14.1 Å². The molecule has 16 heteroatoms. The van der Waals surface area contributed by atoms with E-state index in [-0.39, 0.29) is 64.7 Å². The molecule has 4 aromatic rings. The first-order chi connectivity index (χ1) is 22.8. The van der Waals surface area contributed by atoms with Gasteiger partial charge in [0.1, 0.15) is 17.7 Å². The zero-order valence-corrected chi connectivity index (χ0v) is 27.0. The molecular formula is C32H32FN5O9S. The van der Waals surface area contributed by atoms with E-state index in [1.807, 2.05) is 0 Å². The van der Waals surface area contributed by atoms with Crippen molar-refractivity contribution in [3.63, 3.8) is 0 Å². The minimum absolute atomic E-state index is 0.0205. The molecule has 2 atom stereocenters. The van der Waals surface area contributed by atoms with Gasteiger partial charge in [0.2, 0.25) is 10.0 Å². The number of hydrogen-bond donors (Lipinski definition) is 2.